The van der Waals surface area contributed by atoms with E-state index in [1.807, 2.05) is 0 Å². The van der Waals surface area contributed by atoms with E-state index in [0.717, 1.165) is 12.0 Å². The van der Waals surface area contributed by atoms with Crippen molar-refractivity contribution >= 4 is 17.7 Å². The third-order valence-corrected chi connectivity index (χ3v) is 2.49. The molecule has 2 N–H and O–H groups in total. The molecule has 0 aromatic heterocycles. The fourth-order valence-electron chi connectivity index (χ4n) is 1.53. The van der Waals surface area contributed by atoms with E-state index in [4.69, 9.17) is 5.11 Å². The van der Waals surface area contributed by atoms with Gasteiger partial charge in [-0.1, -0.05) is 0 Å². The van der Waals surface area contributed by atoms with Crippen LogP contribution in [0.2, 0.25) is 0 Å². The maximum absolute atomic E-state index is 13.5. The van der Waals surface area contributed by atoms with E-state index in [1.54, 1.807) is 0 Å². The van der Waals surface area contributed by atoms with Crippen molar-refractivity contribution in [2.45, 2.75) is 12.7 Å². The summed E-state index contributed by atoms with van der Waals surface area (Å²) in [6, 6.07) is 1.81. The highest BCUT2D eigenvalue weighted by molar-refractivity contribution is 6.17. The molecule has 0 fully saturated rings. The molecule has 1 atom stereocenters. The molecule has 1 unspecified atom stereocenters. The molecule has 0 saturated heterocycles. The quantitative estimate of drug-likeness (QED) is 0.347. The second kappa shape index (κ2) is 6.36. The third kappa shape index (κ3) is 3.19. The van der Waals surface area contributed by atoms with Crippen molar-refractivity contribution in [3.63, 3.8) is 0 Å². The van der Waals surface area contributed by atoms with Crippen LogP contribution < -0.4 is 0 Å². The summed E-state index contributed by atoms with van der Waals surface area (Å²) >= 11 is 0. The van der Waals surface area contributed by atoms with Gasteiger partial charge in [0, 0.05) is 12.7 Å². The van der Waals surface area contributed by atoms with Gasteiger partial charge in [-0.25, -0.2) is 18.4 Å². The number of ketones is 1. The average molecular weight is 300 g/mol. The standard InChI is InChI=1S/C13H10F2O6/c1-2-21-13(20,12(18)19)9(6-16)11(17)8-4-3-7(14)5-10(8)15/h3-5,20H,2H2,1H3,(H,18,19). The minimum atomic E-state index is -3.27. The molecule has 1 aromatic carbocycles. The predicted molar refractivity (Wildman–Crippen MR) is 64.1 cm³/mol. The second-order valence-electron chi connectivity index (χ2n) is 3.81. The lowest BCUT2D eigenvalue weighted by Gasteiger charge is -2.22. The van der Waals surface area contributed by atoms with Crippen LogP contribution in [0.25, 0.3) is 0 Å². The second-order valence-corrected chi connectivity index (χ2v) is 3.81. The van der Waals surface area contributed by atoms with Crippen LogP contribution in [0.5, 0.6) is 0 Å². The summed E-state index contributed by atoms with van der Waals surface area (Å²) in [6.07, 6.45) is 0. The first-order chi connectivity index (χ1) is 9.77. The monoisotopic (exact) mass is 300 g/mol. The lowest BCUT2D eigenvalue weighted by molar-refractivity contribution is -0.204. The summed E-state index contributed by atoms with van der Waals surface area (Å²) in [4.78, 5) is 33.8. The summed E-state index contributed by atoms with van der Waals surface area (Å²) in [5, 5.41) is 18.7. The molecule has 21 heavy (non-hydrogen) atoms. The number of hydrogen-bond donors (Lipinski definition) is 2. The smallest absolute Gasteiger partial charge is 0.370 e. The van der Waals surface area contributed by atoms with Gasteiger partial charge in [0.25, 0.3) is 0 Å². The Morgan fingerprint density at radius 1 is 1.38 bits per heavy atom. The average Bonchev–Trinajstić information content (AvgIpc) is 2.39. The molecule has 0 radical (unpaired) electrons. The molecular formula is C13H10F2O6. The Morgan fingerprint density at radius 3 is 2.43 bits per heavy atom. The number of aliphatic hydroxyl groups is 1. The number of ether oxygens (including phenoxy) is 1. The molecule has 0 aliphatic rings. The van der Waals surface area contributed by atoms with Gasteiger partial charge >= 0.3 is 11.8 Å². The fourth-order valence-corrected chi connectivity index (χ4v) is 1.53. The van der Waals surface area contributed by atoms with Crippen molar-refractivity contribution < 1.29 is 38.1 Å². The molecule has 112 valence electrons. The summed E-state index contributed by atoms with van der Waals surface area (Å²) in [5.41, 5.74) is -2.14. The Hall–Kier alpha value is -2.41. The minimum Gasteiger partial charge on any atom is -0.477 e. The number of Topliss-reactive ketones (excluding diaryl/α,β-unsaturated/α-hetero) is 1. The molecule has 0 aliphatic carbocycles. The highest BCUT2D eigenvalue weighted by Gasteiger charge is 2.47. The van der Waals surface area contributed by atoms with Crippen LogP contribution in [-0.4, -0.2) is 40.3 Å². The van der Waals surface area contributed by atoms with Gasteiger partial charge < -0.3 is 14.9 Å². The Balaban J connectivity index is 3.36. The zero-order chi connectivity index (χ0) is 16.2. The number of halogens is 2. The number of carboxylic acid groups (broad SMARTS) is 1. The van der Waals surface area contributed by atoms with E-state index in [2.05, 4.69) is 4.74 Å². The molecule has 6 nitrogen and oxygen atoms in total. The van der Waals surface area contributed by atoms with Gasteiger partial charge in [-0.15, -0.1) is 0 Å². The zero-order valence-electron chi connectivity index (χ0n) is 10.7. The van der Waals surface area contributed by atoms with Crippen molar-refractivity contribution in [2.24, 2.45) is 0 Å². The van der Waals surface area contributed by atoms with Crippen molar-refractivity contribution in [1.82, 2.24) is 0 Å². The number of carbonyl (C=O) groups excluding carboxylic acids is 2. The van der Waals surface area contributed by atoms with Crippen molar-refractivity contribution in [1.29, 1.82) is 0 Å². The zero-order valence-corrected chi connectivity index (χ0v) is 10.7. The number of hydrogen-bond acceptors (Lipinski definition) is 5. The first kappa shape index (κ1) is 16.6. The molecule has 0 bridgehead atoms. The third-order valence-electron chi connectivity index (χ3n) is 2.49. The molecule has 1 rings (SSSR count). The molecule has 0 amide bonds. The molecule has 0 spiro atoms. The van der Waals surface area contributed by atoms with Crippen molar-refractivity contribution in [3.05, 3.63) is 41.0 Å². The fraction of sp³-hybridized carbons (Fsp3) is 0.231. The Kier molecular flexibility index (Phi) is 5.04. The lowest BCUT2D eigenvalue weighted by Crippen LogP contribution is -2.46. The normalized spacial score (nSPS) is 13.1. The van der Waals surface area contributed by atoms with E-state index in [0.29, 0.717) is 12.1 Å². The maximum Gasteiger partial charge on any atom is 0.370 e. The van der Waals surface area contributed by atoms with Gasteiger partial charge in [0.2, 0.25) is 5.78 Å². The SMILES string of the molecule is CCOC(O)(C(=O)O)C(=C=O)C(=O)c1ccc(F)cc1F. The van der Waals surface area contributed by atoms with Gasteiger partial charge in [0.1, 0.15) is 17.6 Å². The Bertz CT molecular complexity index is 636. The first-order valence-electron chi connectivity index (χ1n) is 5.63. The maximum atomic E-state index is 13.5. The van der Waals surface area contributed by atoms with Gasteiger partial charge in [-0.3, -0.25) is 4.79 Å². The van der Waals surface area contributed by atoms with Gasteiger partial charge in [-0.2, -0.15) is 0 Å². The number of carbonyl (C=O) groups is 2. The van der Waals surface area contributed by atoms with Crippen LogP contribution in [0.1, 0.15) is 17.3 Å². The summed E-state index contributed by atoms with van der Waals surface area (Å²) in [5.74, 6) is -8.13. The molecular weight excluding hydrogens is 290 g/mol. The largest absolute Gasteiger partial charge is 0.477 e. The first-order valence-corrected chi connectivity index (χ1v) is 5.63. The number of aliphatic carboxylic acids is 1. The Morgan fingerprint density at radius 2 is 2.00 bits per heavy atom. The van der Waals surface area contributed by atoms with E-state index in [1.165, 1.54) is 6.92 Å². The van der Waals surface area contributed by atoms with Gasteiger partial charge in [0.15, 0.2) is 5.57 Å². The van der Waals surface area contributed by atoms with Crippen LogP contribution in [-0.2, 0) is 14.3 Å². The molecule has 1 aromatic rings. The van der Waals surface area contributed by atoms with E-state index in [-0.39, 0.29) is 6.61 Å². The summed E-state index contributed by atoms with van der Waals surface area (Å²) in [7, 11) is 0. The molecule has 0 heterocycles. The van der Waals surface area contributed by atoms with Crippen LogP contribution in [0.15, 0.2) is 23.8 Å². The van der Waals surface area contributed by atoms with Crippen LogP contribution in [0.4, 0.5) is 8.78 Å². The van der Waals surface area contributed by atoms with E-state index >= 15 is 0 Å². The Labute approximate surface area is 117 Å². The highest BCUT2D eigenvalue weighted by Crippen LogP contribution is 2.23. The topological polar surface area (TPSA) is 101 Å². The highest BCUT2D eigenvalue weighted by atomic mass is 19.1. The molecule has 8 heteroatoms. The molecule has 0 saturated carbocycles. The van der Waals surface area contributed by atoms with Crippen LogP contribution in [0.3, 0.4) is 0 Å². The van der Waals surface area contributed by atoms with E-state index in [9.17, 15) is 28.3 Å². The summed E-state index contributed by atoms with van der Waals surface area (Å²) in [6.45, 7) is 0.951. The van der Waals surface area contributed by atoms with Crippen molar-refractivity contribution in [3.8, 4) is 0 Å². The molecule has 0 aliphatic heterocycles. The number of benzene rings is 1. The van der Waals surface area contributed by atoms with Crippen LogP contribution >= 0.6 is 0 Å². The summed E-state index contributed by atoms with van der Waals surface area (Å²) < 4.78 is 30.8. The number of carboxylic acids is 1. The van der Waals surface area contributed by atoms with Gasteiger partial charge in [-0.05, 0) is 19.1 Å². The minimum absolute atomic E-state index is 0.354. The van der Waals surface area contributed by atoms with Crippen molar-refractivity contribution in [2.75, 3.05) is 6.61 Å². The van der Waals surface area contributed by atoms with E-state index < -0.39 is 40.3 Å². The number of rotatable bonds is 6. The lowest BCUT2D eigenvalue weighted by atomic mass is 9.97. The van der Waals surface area contributed by atoms with Crippen LogP contribution in [0, 0.1) is 11.6 Å². The predicted octanol–water partition coefficient (Wildman–Crippen LogP) is 0.715. The van der Waals surface area contributed by atoms with Gasteiger partial charge in [0.05, 0.1) is 5.56 Å².